The zero-order valence-electron chi connectivity index (χ0n) is 47.9. The van der Waals surface area contributed by atoms with Crippen LogP contribution in [0.4, 0.5) is 0 Å². The summed E-state index contributed by atoms with van der Waals surface area (Å²) in [6.45, 7) is 8.06. The Bertz CT molecular complexity index is 2450. The second kappa shape index (κ2) is 35.4. The minimum atomic E-state index is -1.79. The lowest BCUT2D eigenvalue weighted by Crippen LogP contribution is -2.61. The maximum Gasteiger partial charge on any atom is 0.305 e. The zero-order valence-corrected chi connectivity index (χ0v) is 49.5. The lowest BCUT2D eigenvalue weighted by atomic mass is 10.00. The number of thioether (sulfide) groups is 2. The van der Waals surface area contributed by atoms with E-state index in [-0.39, 0.29) is 61.3 Å². The lowest BCUT2D eigenvalue weighted by Gasteiger charge is -2.32. The highest BCUT2D eigenvalue weighted by Gasteiger charge is 2.41. The van der Waals surface area contributed by atoms with Gasteiger partial charge in [-0.05, 0) is 113 Å². The molecule has 83 heavy (non-hydrogen) atoms. The summed E-state index contributed by atoms with van der Waals surface area (Å²) in [5.74, 6) is -10.0. The zero-order chi connectivity index (χ0) is 61.2. The summed E-state index contributed by atoms with van der Waals surface area (Å²) in [7, 11) is 0. The van der Waals surface area contributed by atoms with Crippen LogP contribution in [0.15, 0.2) is 23.4 Å². The second-order valence-electron chi connectivity index (χ2n) is 21.5. The van der Waals surface area contributed by atoms with E-state index in [1.807, 2.05) is 18.2 Å². The molecule has 9 atom stereocenters. The van der Waals surface area contributed by atoms with Crippen molar-refractivity contribution < 1.29 is 72.5 Å². The monoisotopic (exact) mass is 1200 g/mol. The van der Waals surface area contributed by atoms with E-state index in [1.54, 1.807) is 27.7 Å². The van der Waals surface area contributed by atoms with Crippen molar-refractivity contribution >= 4 is 94.8 Å². The Morgan fingerprint density at radius 3 is 1.98 bits per heavy atom. The van der Waals surface area contributed by atoms with Gasteiger partial charge in [0.05, 0.1) is 19.6 Å². The van der Waals surface area contributed by atoms with Gasteiger partial charge in [0.2, 0.25) is 53.2 Å². The number of ether oxygens (including phenoxy) is 1. The van der Waals surface area contributed by atoms with Crippen molar-refractivity contribution in [2.24, 2.45) is 28.5 Å². The molecule has 1 fully saturated rings. The number of hydrogen-bond acceptors (Lipinski definition) is 18. The highest BCUT2D eigenvalue weighted by Crippen LogP contribution is 2.26. The molecule has 29 heteroatoms. The van der Waals surface area contributed by atoms with E-state index in [0.29, 0.717) is 51.0 Å². The summed E-state index contributed by atoms with van der Waals surface area (Å²) < 4.78 is 6.21. The number of aliphatic hydroxyl groups excluding tert-OH is 1. The third-order valence-corrected chi connectivity index (χ3v) is 15.9. The SMILES string of the molecule is CC(C)C[C@@H]1NC(=O)[C@H](C)NC(=O)[C@@H]2CSCc3cc(cc(c3)OCCCCCCO/N=C/C(=O)N[C@@H](CCCCN)C(=O)N2)CSC[C@@H](C(N)=O)NC(=O)[C@H](CO)NC(=O)[C@@H]2CCCN2C(=O)[C@H](C(C)C)NC(=O)[C@H](CC(=O)O)NC1=O. The smallest absolute Gasteiger partial charge is 0.305 e. The fourth-order valence-electron chi connectivity index (χ4n) is 9.16. The number of rotatable bonds is 11. The van der Waals surface area contributed by atoms with Crippen LogP contribution < -0.4 is 58.7 Å². The summed E-state index contributed by atoms with van der Waals surface area (Å²) in [6.07, 6.45) is 4.37. The number of nitrogens with zero attached hydrogens (tertiary/aromatic N) is 2. The number of unbranched alkanes of at least 4 members (excludes halogenated alkanes) is 1. The Labute approximate surface area is 491 Å². The van der Waals surface area contributed by atoms with Crippen LogP contribution in [-0.2, 0) is 69.1 Å². The van der Waals surface area contributed by atoms with Crippen LogP contribution in [0.1, 0.15) is 116 Å². The number of carbonyl (C=O) groups excluding carboxylic acids is 10. The fourth-order valence-corrected chi connectivity index (χ4v) is 11.2. The number of benzene rings is 1. The van der Waals surface area contributed by atoms with Crippen LogP contribution in [-0.4, -0.2) is 185 Å². The Hall–Kier alpha value is -6.72. The number of hydrogen-bond donors (Lipinski definition) is 12. The Morgan fingerprint density at radius 1 is 0.711 bits per heavy atom. The number of primary amides is 1. The predicted molar refractivity (Wildman–Crippen MR) is 309 cm³/mol. The molecule has 1 aromatic rings. The van der Waals surface area contributed by atoms with Crippen LogP contribution in [0.2, 0.25) is 0 Å². The van der Waals surface area contributed by atoms with Gasteiger partial charge in [0.15, 0.2) is 0 Å². The minimum absolute atomic E-state index is 0.0221. The summed E-state index contributed by atoms with van der Waals surface area (Å²) >= 11 is 2.49. The quantitative estimate of drug-likeness (QED) is 0.116. The first-order valence-electron chi connectivity index (χ1n) is 28.1. The van der Waals surface area contributed by atoms with Gasteiger partial charge in [-0.2, -0.15) is 23.5 Å². The topological polar surface area (TPSA) is 411 Å². The van der Waals surface area contributed by atoms with Crippen LogP contribution in [0.25, 0.3) is 0 Å². The second-order valence-corrected chi connectivity index (χ2v) is 23.5. The average Bonchev–Trinajstić information content (AvgIpc) is 4.18. The molecule has 0 spiro atoms. The number of aliphatic hydroxyl groups is 1. The highest BCUT2D eigenvalue weighted by molar-refractivity contribution is 7.98. The molecule has 0 aliphatic carbocycles. The van der Waals surface area contributed by atoms with Gasteiger partial charge in [0.1, 0.15) is 72.9 Å². The highest BCUT2D eigenvalue weighted by atomic mass is 32.2. The van der Waals surface area contributed by atoms with Gasteiger partial charge in [-0.3, -0.25) is 52.7 Å². The molecular formula is C54H84N12O15S2. The van der Waals surface area contributed by atoms with Crippen LogP contribution >= 0.6 is 23.5 Å². The summed E-state index contributed by atoms with van der Waals surface area (Å²) in [4.78, 5) is 157. The van der Waals surface area contributed by atoms with Gasteiger partial charge >= 0.3 is 5.97 Å². The molecule has 3 aliphatic rings. The largest absolute Gasteiger partial charge is 0.494 e. The molecule has 14 N–H and O–H groups in total. The number of fused-ring (bicyclic) bond motifs is 6. The number of nitrogens with one attached hydrogen (secondary N) is 8. The lowest BCUT2D eigenvalue weighted by molar-refractivity contribution is -0.144. The van der Waals surface area contributed by atoms with Gasteiger partial charge < -0.3 is 78.7 Å². The summed E-state index contributed by atoms with van der Waals surface area (Å²) in [5.41, 5.74) is 13.0. The Kier molecular flexibility index (Phi) is 29.4. The number of aliphatic carboxylic acids is 1. The van der Waals surface area contributed by atoms with Crippen molar-refractivity contribution in [2.75, 3.05) is 44.4 Å². The molecule has 0 aromatic heterocycles. The normalized spacial score (nSPS) is 26.7. The maximum atomic E-state index is 14.4. The van der Waals surface area contributed by atoms with Gasteiger partial charge in [-0.25, -0.2) is 0 Å². The minimum Gasteiger partial charge on any atom is -0.494 e. The molecule has 0 saturated carbocycles. The van der Waals surface area contributed by atoms with Gasteiger partial charge in [-0.15, -0.1) is 0 Å². The standard InChI is InChI=1S/C54H84N12O15S2/c1-30(2)19-37-49(74)61-38(23-44(69)70)50(75)65-45(31(3)4)54(79)66-16-12-14-42(66)53(78)62-39(25-67)51(76)63-40(46(56)71)28-82-26-33-20-34-22-35(21-33)80-17-10-6-7-11-18-81-57-24-43(68)59-36(13-8-9-15-55)48(73)64-41(29-83-27-34)52(77)58-32(5)47(72)60-37/h20-22,24,30-32,36-42,45,67H,6-19,23,25-29,55H2,1-5H3,(H2,56,71)(H,58,77)(H,59,68)(H,60,72)(H,61,74)(H,62,78)(H,63,76)(H,64,73)(H,65,75)(H,69,70)/b57-24+/t32-,36-,37-,38-,39-,40-,41-,42-,45-/m0/s1. The van der Waals surface area contributed by atoms with E-state index in [2.05, 4.69) is 47.7 Å². The van der Waals surface area contributed by atoms with E-state index >= 15 is 0 Å². The molecule has 27 nitrogen and oxygen atoms in total. The van der Waals surface area contributed by atoms with Gasteiger partial charge in [0, 0.05) is 29.6 Å². The van der Waals surface area contributed by atoms with Crippen molar-refractivity contribution in [3.63, 3.8) is 0 Å². The molecule has 3 heterocycles. The summed E-state index contributed by atoms with van der Waals surface area (Å²) in [6, 6.07) is -6.93. The number of nitrogens with two attached hydrogens (primary N) is 2. The first kappa shape index (κ1) is 68.8. The number of carboxylic acids is 1. The Morgan fingerprint density at radius 2 is 1.34 bits per heavy atom. The van der Waals surface area contributed by atoms with E-state index < -0.39 is 138 Å². The van der Waals surface area contributed by atoms with Crippen molar-refractivity contribution in [1.82, 2.24) is 47.4 Å². The maximum absolute atomic E-state index is 14.4. The first-order chi connectivity index (χ1) is 39.5. The van der Waals surface area contributed by atoms with E-state index in [4.69, 9.17) is 21.0 Å². The van der Waals surface area contributed by atoms with Crippen molar-refractivity contribution in [3.05, 3.63) is 29.3 Å². The molecule has 0 unspecified atom stereocenters. The third-order valence-electron chi connectivity index (χ3n) is 13.6. The molecule has 1 aromatic carbocycles. The molecule has 4 bridgehead atoms. The van der Waals surface area contributed by atoms with Crippen molar-refractivity contribution in [2.45, 2.75) is 171 Å². The van der Waals surface area contributed by atoms with E-state index in [1.165, 1.54) is 35.3 Å². The number of amides is 10. The third kappa shape index (κ3) is 23.5. The van der Waals surface area contributed by atoms with Crippen LogP contribution in [0, 0.1) is 11.8 Å². The van der Waals surface area contributed by atoms with Gasteiger partial charge in [0.25, 0.3) is 5.91 Å². The number of oxime groups is 1. The number of carboxylic acid groups (broad SMARTS) is 1. The Balaban J connectivity index is 1.78. The van der Waals surface area contributed by atoms with E-state index in [9.17, 15) is 63.0 Å². The van der Waals surface area contributed by atoms with Crippen molar-refractivity contribution in [3.8, 4) is 5.75 Å². The predicted octanol–water partition coefficient (Wildman–Crippen LogP) is -1.21. The van der Waals surface area contributed by atoms with Crippen LogP contribution in [0.5, 0.6) is 5.75 Å². The van der Waals surface area contributed by atoms with Gasteiger partial charge in [-0.1, -0.05) is 38.9 Å². The average molecular weight is 1210 g/mol. The molecule has 1 saturated heterocycles. The fraction of sp³-hybridized carbons (Fsp3) is 0.667. The molecule has 0 radical (unpaired) electrons. The van der Waals surface area contributed by atoms with Crippen molar-refractivity contribution in [1.29, 1.82) is 0 Å². The number of carbonyl (C=O) groups is 11. The first-order valence-corrected chi connectivity index (χ1v) is 30.4. The molecule has 462 valence electrons. The summed E-state index contributed by atoms with van der Waals surface area (Å²) in [5, 5.41) is 44.6. The van der Waals surface area contributed by atoms with E-state index in [0.717, 1.165) is 30.2 Å². The van der Waals surface area contributed by atoms with Crippen LogP contribution in [0.3, 0.4) is 0 Å². The molecule has 3 aliphatic heterocycles. The molecular weight excluding hydrogens is 1120 g/mol. The molecule has 10 amide bonds. The molecule has 4 rings (SSSR count).